The minimum absolute atomic E-state index is 0.321. The van der Waals surface area contributed by atoms with E-state index in [1.165, 1.54) is 0 Å². The van der Waals surface area contributed by atoms with Crippen molar-refractivity contribution in [3.63, 3.8) is 0 Å². The first-order chi connectivity index (χ1) is 7.73. The number of amides is 1. The molecular formula is C8H12F5NO3. The zero-order valence-corrected chi connectivity index (χ0v) is 8.64. The molecule has 0 rings (SSSR count). The molecule has 17 heavy (non-hydrogen) atoms. The van der Waals surface area contributed by atoms with E-state index in [1.807, 2.05) is 0 Å². The Labute approximate surface area is 93.7 Å². The van der Waals surface area contributed by atoms with Gasteiger partial charge in [0.05, 0.1) is 13.2 Å². The number of rotatable bonds is 7. The number of aliphatic hydroxyl groups is 1. The van der Waals surface area contributed by atoms with Gasteiger partial charge in [0.2, 0.25) is 5.91 Å². The highest BCUT2D eigenvalue weighted by Crippen LogP contribution is 2.19. The lowest BCUT2D eigenvalue weighted by Crippen LogP contribution is -2.40. The maximum atomic E-state index is 11.8. The minimum Gasteiger partial charge on any atom is -0.382 e. The second-order valence-corrected chi connectivity index (χ2v) is 3.08. The van der Waals surface area contributed by atoms with Crippen LogP contribution >= 0.6 is 0 Å². The van der Waals surface area contributed by atoms with Crippen molar-refractivity contribution >= 4 is 5.91 Å². The van der Waals surface area contributed by atoms with Gasteiger partial charge in [0, 0.05) is 6.42 Å². The van der Waals surface area contributed by atoms with Gasteiger partial charge in [0.1, 0.15) is 6.61 Å². The molecule has 0 aliphatic rings. The first-order valence-electron chi connectivity index (χ1n) is 4.61. The van der Waals surface area contributed by atoms with Crippen molar-refractivity contribution in [1.29, 1.82) is 0 Å². The third kappa shape index (κ3) is 8.81. The van der Waals surface area contributed by atoms with E-state index in [-0.39, 0.29) is 13.0 Å². The van der Waals surface area contributed by atoms with Crippen LogP contribution in [-0.4, -0.2) is 49.5 Å². The van der Waals surface area contributed by atoms with Crippen molar-refractivity contribution in [2.75, 3.05) is 19.8 Å². The number of aliphatic hydroxyl groups excluding tert-OH is 1. The van der Waals surface area contributed by atoms with Gasteiger partial charge in [0.25, 0.3) is 6.43 Å². The molecule has 2 N–H and O–H groups in total. The molecule has 0 aromatic heterocycles. The molecule has 1 amide bonds. The van der Waals surface area contributed by atoms with Crippen LogP contribution in [0.3, 0.4) is 0 Å². The van der Waals surface area contributed by atoms with E-state index < -0.39 is 37.8 Å². The molecule has 0 aromatic carbocycles. The molecule has 0 fully saturated rings. The summed E-state index contributed by atoms with van der Waals surface area (Å²) in [5, 5.41) is 10.3. The lowest BCUT2D eigenvalue weighted by molar-refractivity contribution is -0.201. The van der Waals surface area contributed by atoms with E-state index >= 15 is 0 Å². The average Bonchev–Trinajstić information content (AvgIpc) is 2.19. The summed E-state index contributed by atoms with van der Waals surface area (Å²) in [6.45, 7) is -2.13. The number of halogens is 5. The molecule has 102 valence electrons. The topological polar surface area (TPSA) is 58.6 Å². The Morgan fingerprint density at radius 2 is 1.94 bits per heavy atom. The van der Waals surface area contributed by atoms with Crippen molar-refractivity contribution in [2.45, 2.75) is 25.1 Å². The molecule has 0 saturated heterocycles. The van der Waals surface area contributed by atoms with Crippen LogP contribution in [0.4, 0.5) is 22.0 Å². The fourth-order valence-corrected chi connectivity index (χ4v) is 0.752. The Balaban J connectivity index is 3.60. The fraction of sp³-hybridized carbons (Fsp3) is 0.875. The van der Waals surface area contributed by atoms with Crippen molar-refractivity contribution in [3.8, 4) is 0 Å². The molecule has 0 aliphatic carbocycles. The molecule has 1 atom stereocenters. The van der Waals surface area contributed by atoms with Crippen LogP contribution in [0.2, 0.25) is 0 Å². The average molecular weight is 265 g/mol. The molecular weight excluding hydrogens is 253 g/mol. The zero-order chi connectivity index (χ0) is 13.5. The number of carbonyl (C=O) groups excluding carboxylic acids is 1. The number of carbonyl (C=O) groups is 1. The van der Waals surface area contributed by atoms with Gasteiger partial charge >= 0.3 is 6.18 Å². The summed E-state index contributed by atoms with van der Waals surface area (Å²) in [4.78, 5) is 10.9. The van der Waals surface area contributed by atoms with Crippen LogP contribution in [-0.2, 0) is 9.53 Å². The highest BCUT2D eigenvalue weighted by Gasteiger charge is 2.38. The Hall–Kier alpha value is -0.960. The lowest BCUT2D eigenvalue weighted by Gasteiger charge is -2.14. The largest absolute Gasteiger partial charge is 0.416 e. The third-order valence-corrected chi connectivity index (χ3v) is 1.59. The van der Waals surface area contributed by atoms with Crippen LogP contribution in [0.1, 0.15) is 6.42 Å². The number of ether oxygens (including phenoxy) is 1. The molecule has 0 aliphatic heterocycles. The molecule has 0 heterocycles. The van der Waals surface area contributed by atoms with Gasteiger partial charge in [-0.25, -0.2) is 8.78 Å². The second kappa shape index (κ2) is 7.38. The molecule has 0 aromatic rings. The van der Waals surface area contributed by atoms with Crippen LogP contribution in [0, 0.1) is 0 Å². The summed E-state index contributed by atoms with van der Waals surface area (Å²) in [5.41, 5.74) is 0. The maximum absolute atomic E-state index is 11.8. The molecule has 0 radical (unpaired) electrons. The zero-order valence-electron chi connectivity index (χ0n) is 8.64. The Kier molecular flexibility index (Phi) is 6.97. The predicted octanol–water partition coefficient (Wildman–Crippen LogP) is 0.698. The SMILES string of the molecule is O=C(CCOCC(F)F)NCC(O)C(F)(F)F. The number of hydrogen-bond donors (Lipinski definition) is 2. The normalized spacial score (nSPS) is 13.8. The van der Waals surface area contributed by atoms with Crippen LogP contribution in [0.15, 0.2) is 0 Å². The predicted molar refractivity (Wildman–Crippen MR) is 46.5 cm³/mol. The summed E-state index contributed by atoms with van der Waals surface area (Å²) in [6.07, 6.45) is -10.5. The fourth-order valence-electron chi connectivity index (χ4n) is 0.752. The lowest BCUT2D eigenvalue weighted by atomic mass is 10.3. The van der Waals surface area contributed by atoms with Gasteiger partial charge < -0.3 is 15.2 Å². The molecule has 1 unspecified atom stereocenters. The van der Waals surface area contributed by atoms with Gasteiger partial charge in [0.15, 0.2) is 6.10 Å². The monoisotopic (exact) mass is 265 g/mol. The second-order valence-electron chi connectivity index (χ2n) is 3.08. The number of nitrogens with one attached hydrogen (secondary N) is 1. The third-order valence-electron chi connectivity index (χ3n) is 1.59. The first-order valence-corrected chi connectivity index (χ1v) is 4.61. The van der Waals surface area contributed by atoms with Gasteiger partial charge in [-0.3, -0.25) is 4.79 Å². The van der Waals surface area contributed by atoms with E-state index in [0.717, 1.165) is 0 Å². The van der Waals surface area contributed by atoms with E-state index in [2.05, 4.69) is 4.74 Å². The van der Waals surface area contributed by atoms with E-state index in [0.29, 0.717) is 0 Å². The number of hydrogen-bond acceptors (Lipinski definition) is 3. The summed E-state index contributed by atoms with van der Waals surface area (Å²) in [7, 11) is 0. The van der Waals surface area contributed by atoms with Crippen LogP contribution in [0.5, 0.6) is 0 Å². The maximum Gasteiger partial charge on any atom is 0.416 e. The minimum atomic E-state index is -4.81. The highest BCUT2D eigenvalue weighted by molar-refractivity contribution is 5.75. The van der Waals surface area contributed by atoms with Gasteiger partial charge in [-0.1, -0.05) is 0 Å². The number of alkyl halides is 5. The van der Waals surface area contributed by atoms with Crippen LogP contribution in [0.25, 0.3) is 0 Å². The summed E-state index contributed by atoms with van der Waals surface area (Å²) >= 11 is 0. The van der Waals surface area contributed by atoms with Crippen molar-refractivity contribution in [3.05, 3.63) is 0 Å². The molecule has 9 heteroatoms. The summed E-state index contributed by atoms with van der Waals surface area (Å²) in [5.74, 6) is -0.817. The first kappa shape index (κ1) is 16.0. The van der Waals surface area contributed by atoms with Crippen molar-refractivity contribution in [2.24, 2.45) is 0 Å². The standard InChI is InChI=1S/C8H12F5NO3/c9-6(10)4-17-2-1-7(16)14-3-5(15)8(11,12)13/h5-6,15H,1-4H2,(H,14,16). The van der Waals surface area contributed by atoms with E-state index in [4.69, 9.17) is 5.11 Å². The molecule has 0 saturated carbocycles. The Bertz CT molecular complexity index is 234. The smallest absolute Gasteiger partial charge is 0.382 e. The van der Waals surface area contributed by atoms with Crippen LogP contribution < -0.4 is 5.32 Å². The molecule has 4 nitrogen and oxygen atoms in total. The highest BCUT2D eigenvalue weighted by atomic mass is 19.4. The quantitative estimate of drug-likeness (QED) is 0.526. The van der Waals surface area contributed by atoms with Gasteiger partial charge in [-0.15, -0.1) is 0 Å². The van der Waals surface area contributed by atoms with Gasteiger partial charge in [-0.05, 0) is 0 Å². The van der Waals surface area contributed by atoms with E-state index in [1.54, 1.807) is 5.32 Å². The molecule has 0 bridgehead atoms. The molecule has 0 spiro atoms. The summed E-state index contributed by atoms with van der Waals surface area (Å²) < 4.78 is 62.8. The van der Waals surface area contributed by atoms with E-state index in [9.17, 15) is 26.7 Å². The Morgan fingerprint density at radius 1 is 1.35 bits per heavy atom. The van der Waals surface area contributed by atoms with Crippen molar-refractivity contribution in [1.82, 2.24) is 5.32 Å². The summed E-state index contributed by atoms with van der Waals surface area (Å²) in [6, 6.07) is 0. The van der Waals surface area contributed by atoms with Gasteiger partial charge in [-0.2, -0.15) is 13.2 Å². The Morgan fingerprint density at radius 3 is 2.41 bits per heavy atom. The van der Waals surface area contributed by atoms with Crippen molar-refractivity contribution < 1.29 is 36.6 Å².